The molecule has 1 rings (SSSR count). The van der Waals surface area contributed by atoms with Crippen molar-refractivity contribution in [2.75, 3.05) is 7.11 Å². The van der Waals surface area contributed by atoms with E-state index in [-0.39, 0.29) is 41.7 Å². The zero-order valence-electron chi connectivity index (χ0n) is 16.8. The van der Waals surface area contributed by atoms with E-state index in [9.17, 15) is 23.2 Å². The normalized spacial score (nSPS) is 22.8. The Morgan fingerprint density at radius 1 is 1.25 bits per heavy atom. The number of hydrogen-bond donors (Lipinski definition) is 1. The van der Waals surface area contributed by atoms with Crippen molar-refractivity contribution >= 4 is 30.2 Å². The molecule has 0 N–H and O–H groups in total. The Labute approximate surface area is 171 Å². The first kappa shape index (κ1) is 24.8. The predicted octanol–water partition coefficient (Wildman–Crippen LogP) is 4.95. The fraction of sp³-hybridized carbons (Fsp3) is 0.762. The molecule has 0 radical (unpaired) electrons. The van der Waals surface area contributed by atoms with E-state index in [4.69, 9.17) is 0 Å². The number of hydrogen-bond acceptors (Lipinski definition) is 5. The molecule has 0 heterocycles. The fourth-order valence-corrected chi connectivity index (χ4v) is 4.10. The van der Waals surface area contributed by atoms with E-state index in [2.05, 4.69) is 17.4 Å². The number of halogens is 2. The van der Waals surface area contributed by atoms with Crippen LogP contribution >= 0.6 is 12.6 Å². The van der Waals surface area contributed by atoms with Crippen LogP contribution in [-0.2, 0) is 19.1 Å². The highest BCUT2D eigenvalue weighted by atomic mass is 32.1. The second-order valence-electron chi connectivity index (χ2n) is 7.45. The van der Waals surface area contributed by atoms with E-state index in [1.807, 2.05) is 19.1 Å². The number of rotatable bonds is 13. The van der Waals surface area contributed by atoms with E-state index in [1.165, 1.54) is 7.11 Å². The molecule has 1 unspecified atom stereocenters. The maximum Gasteiger partial charge on any atom is 0.305 e. The fourth-order valence-electron chi connectivity index (χ4n) is 3.56. The molecule has 0 bridgehead atoms. The third-order valence-corrected chi connectivity index (χ3v) is 5.89. The summed E-state index contributed by atoms with van der Waals surface area (Å²) in [6.45, 7) is 1.81. The topological polar surface area (TPSA) is 60.4 Å². The first-order valence-corrected chi connectivity index (χ1v) is 10.6. The number of unbranched alkanes of at least 4 members (excludes halogenated alkanes) is 2. The Hall–Kier alpha value is -1.24. The second kappa shape index (κ2) is 12.3. The summed E-state index contributed by atoms with van der Waals surface area (Å²) in [5.41, 5.74) is 0. The minimum absolute atomic E-state index is 0.0782. The molecular formula is C21H32F2O4S. The number of allylic oxidation sites excluding steroid dienone is 2. The summed E-state index contributed by atoms with van der Waals surface area (Å²) in [6, 6.07) is 0. The van der Waals surface area contributed by atoms with Gasteiger partial charge in [-0.2, -0.15) is 21.4 Å². The molecule has 1 aliphatic carbocycles. The SMILES string of the molecule is CCCCC(F)(F)C(=O)CCC1[C@H](S)CC(=O)[C@@H]1CC=CCCCC(=O)OC. The lowest BCUT2D eigenvalue weighted by Gasteiger charge is -2.21. The monoisotopic (exact) mass is 418 g/mol. The number of Topliss-reactive ketones (excluding diaryl/α,β-unsaturated/α-hetero) is 2. The molecule has 28 heavy (non-hydrogen) atoms. The minimum Gasteiger partial charge on any atom is -0.469 e. The van der Waals surface area contributed by atoms with Crippen molar-refractivity contribution in [3.8, 4) is 0 Å². The summed E-state index contributed by atoms with van der Waals surface area (Å²) in [6.07, 6.45) is 6.94. The van der Waals surface area contributed by atoms with E-state index in [0.29, 0.717) is 44.9 Å². The number of alkyl halides is 2. The molecule has 1 fully saturated rings. The molecule has 4 nitrogen and oxygen atoms in total. The number of carbonyl (C=O) groups excluding carboxylic acids is 3. The summed E-state index contributed by atoms with van der Waals surface area (Å²) >= 11 is 4.45. The molecule has 0 saturated heterocycles. The van der Waals surface area contributed by atoms with Crippen LogP contribution in [0.2, 0.25) is 0 Å². The van der Waals surface area contributed by atoms with Crippen molar-refractivity contribution < 1.29 is 27.9 Å². The molecular weight excluding hydrogens is 386 g/mol. The molecule has 160 valence electrons. The summed E-state index contributed by atoms with van der Waals surface area (Å²) in [5, 5.41) is -0.192. The summed E-state index contributed by atoms with van der Waals surface area (Å²) < 4.78 is 32.3. The third kappa shape index (κ3) is 8.02. The zero-order valence-corrected chi connectivity index (χ0v) is 17.7. The molecule has 0 aromatic heterocycles. The van der Waals surface area contributed by atoms with Gasteiger partial charge < -0.3 is 4.74 Å². The van der Waals surface area contributed by atoms with Crippen LogP contribution in [0.15, 0.2) is 12.2 Å². The van der Waals surface area contributed by atoms with Crippen LogP contribution in [0, 0.1) is 11.8 Å². The van der Waals surface area contributed by atoms with Gasteiger partial charge in [0, 0.05) is 36.9 Å². The summed E-state index contributed by atoms with van der Waals surface area (Å²) in [5.74, 6) is -4.93. The standard InChI is InChI=1S/C21H32F2O4S/c1-3-4-13-21(22,23)19(25)12-11-16-15(17(24)14-18(16)28)9-7-5-6-8-10-20(26)27-2/h5,7,15-16,18,28H,3-4,6,8-14H2,1-2H3/t15-,16?,18-/m1/s1. The van der Waals surface area contributed by atoms with Crippen molar-refractivity contribution in [1.29, 1.82) is 0 Å². The van der Waals surface area contributed by atoms with E-state index < -0.39 is 18.1 Å². The van der Waals surface area contributed by atoms with Gasteiger partial charge in [-0.15, -0.1) is 0 Å². The number of ketones is 2. The van der Waals surface area contributed by atoms with Crippen LogP contribution in [0.25, 0.3) is 0 Å². The van der Waals surface area contributed by atoms with Crippen molar-refractivity contribution in [3.05, 3.63) is 12.2 Å². The minimum atomic E-state index is -3.28. The molecule has 7 heteroatoms. The van der Waals surface area contributed by atoms with Gasteiger partial charge in [-0.05, 0) is 38.0 Å². The van der Waals surface area contributed by atoms with Crippen molar-refractivity contribution in [1.82, 2.24) is 0 Å². The summed E-state index contributed by atoms with van der Waals surface area (Å²) in [7, 11) is 1.35. The zero-order chi connectivity index (χ0) is 21.2. The van der Waals surface area contributed by atoms with Gasteiger partial charge in [-0.25, -0.2) is 0 Å². The van der Waals surface area contributed by atoms with Crippen LogP contribution in [0.5, 0.6) is 0 Å². The van der Waals surface area contributed by atoms with Crippen molar-refractivity contribution in [2.24, 2.45) is 11.8 Å². The molecule has 0 amide bonds. The largest absolute Gasteiger partial charge is 0.469 e. The van der Waals surface area contributed by atoms with Gasteiger partial charge in [0.25, 0.3) is 0 Å². The highest BCUT2D eigenvalue weighted by Gasteiger charge is 2.42. The van der Waals surface area contributed by atoms with Gasteiger partial charge in [-0.3, -0.25) is 14.4 Å². The van der Waals surface area contributed by atoms with Crippen LogP contribution in [-0.4, -0.2) is 35.8 Å². The Morgan fingerprint density at radius 2 is 1.96 bits per heavy atom. The van der Waals surface area contributed by atoms with Gasteiger partial charge in [0.1, 0.15) is 5.78 Å². The number of esters is 1. The Bertz CT molecular complexity index is 563. The molecule has 1 aliphatic rings. The quantitative estimate of drug-likeness (QED) is 0.199. The third-order valence-electron chi connectivity index (χ3n) is 5.33. The van der Waals surface area contributed by atoms with Crippen LogP contribution in [0.3, 0.4) is 0 Å². The van der Waals surface area contributed by atoms with E-state index in [0.717, 1.165) is 0 Å². The highest BCUT2D eigenvalue weighted by molar-refractivity contribution is 7.81. The summed E-state index contributed by atoms with van der Waals surface area (Å²) in [4.78, 5) is 35.2. The van der Waals surface area contributed by atoms with Crippen molar-refractivity contribution in [3.63, 3.8) is 0 Å². The lowest BCUT2D eigenvalue weighted by atomic mass is 9.86. The Kier molecular flexibility index (Phi) is 10.9. The molecule has 0 aromatic rings. The molecule has 0 aliphatic heterocycles. The molecule has 0 aromatic carbocycles. The van der Waals surface area contributed by atoms with E-state index >= 15 is 0 Å². The van der Waals surface area contributed by atoms with Crippen molar-refractivity contribution in [2.45, 2.75) is 82.3 Å². The molecule has 3 atom stereocenters. The smallest absolute Gasteiger partial charge is 0.305 e. The molecule has 1 saturated carbocycles. The first-order valence-electron chi connectivity index (χ1n) is 10.1. The Morgan fingerprint density at radius 3 is 2.61 bits per heavy atom. The van der Waals surface area contributed by atoms with Crippen LogP contribution < -0.4 is 0 Å². The number of methoxy groups -OCH3 is 1. The van der Waals surface area contributed by atoms with Gasteiger partial charge in [0.15, 0.2) is 0 Å². The van der Waals surface area contributed by atoms with E-state index in [1.54, 1.807) is 0 Å². The van der Waals surface area contributed by atoms with Crippen LogP contribution in [0.4, 0.5) is 8.78 Å². The number of ether oxygens (including phenoxy) is 1. The average molecular weight is 419 g/mol. The molecule has 0 spiro atoms. The van der Waals surface area contributed by atoms with Gasteiger partial charge >= 0.3 is 11.9 Å². The number of thiol groups is 1. The Balaban J connectivity index is 2.51. The second-order valence-corrected chi connectivity index (χ2v) is 8.12. The van der Waals surface area contributed by atoms with Gasteiger partial charge in [0.2, 0.25) is 5.78 Å². The lowest BCUT2D eigenvalue weighted by Crippen LogP contribution is -2.30. The lowest BCUT2D eigenvalue weighted by molar-refractivity contribution is -0.144. The predicted molar refractivity (Wildman–Crippen MR) is 108 cm³/mol. The maximum atomic E-state index is 13.9. The van der Waals surface area contributed by atoms with Crippen LogP contribution in [0.1, 0.15) is 71.1 Å². The van der Waals surface area contributed by atoms with Gasteiger partial charge in [-0.1, -0.05) is 25.5 Å². The van der Waals surface area contributed by atoms with Gasteiger partial charge in [0.05, 0.1) is 7.11 Å². The number of carbonyl (C=O) groups is 3. The average Bonchev–Trinajstić information content (AvgIpc) is 2.93. The highest BCUT2D eigenvalue weighted by Crippen LogP contribution is 2.39. The first-order chi connectivity index (χ1) is 13.2. The maximum absolute atomic E-state index is 13.9.